The molecule has 37 heavy (non-hydrogen) atoms. The van der Waals surface area contributed by atoms with Gasteiger partial charge in [0.15, 0.2) is 0 Å². The zero-order chi connectivity index (χ0) is 26.4. The van der Waals surface area contributed by atoms with Gasteiger partial charge >= 0.3 is 0 Å². The molecule has 4 aromatic carbocycles. The van der Waals surface area contributed by atoms with E-state index in [1.165, 1.54) is 18.2 Å². The summed E-state index contributed by atoms with van der Waals surface area (Å²) >= 11 is 0. The van der Waals surface area contributed by atoms with Crippen LogP contribution in [0, 0.1) is 6.92 Å². The van der Waals surface area contributed by atoms with Gasteiger partial charge in [-0.15, -0.1) is 0 Å². The van der Waals surface area contributed by atoms with Crippen LogP contribution in [0.1, 0.15) is 40.1 Å². The van der Waals surface area contributed by atoms with Gasteiger partial charge in [-0.2, -0.15) is 0 Å². The number of rotatable bonds is 9. The van der Waals surface area contributed by atoms with Gasteiger partial charge in [0.1, 0.15) is 23.4 Å². The van der Waals surface area contributed by atoms with Gasteiger partial charge in [0.25, 0.3) is 15.9 Å². The number of amides is 1. The Labute approximate surface area is 216 Å². The summed E-state index contributed by atoms with van der Waals surface area (Å²) in [6.45, 7) is 4.02. The quantitative estimate of drug-likeness (QED) is 0.304. The highest BCUT2D eigenvalue weighted by atomic mass is 32.2. The standard InChI is InChI=1S/C29H28N2O5S/c1-20-17-24(29(32)31-37(33,34)27-14-11-22(19-30)12-15-27)13-16-28(20)35-21(2)23-7-6-10-26(18-23)36-25-8-4-3-5-9-25/h3-18,21H,19,30H2,1-2H3,(H,31,32). The molecule has 7 nitrogen and oxygen atoms in total. The van der Waals surface area contributed by atoms with E-state index in [2.05, 4.69) is 4.72 Å². The maximum atomic E-state index is 12.7. The molecule has 0 fully saturated rings. The molecule has 1 unspecified atom stereocenters. The molecule has 1 atom stereocenters. The summed E-state index contributed by atoms with van der Waals surface area (Å²) in [7, 11) is -4.02. The number of sulfonamides is 1. The highest BCUT2D eigenvalue weighted by Crippen LogP contribution is 2.29. The molecule has 0 aliphatic carbocycles. The van der Waals surface area contributed by atoms with Gasteiger partial charge in [0, 0.05) is 12.1 Å². The molecule has 0 aliphatic heterocycles. The Kier molecular flexibility index (Phi) is 7.91. The molecule has 0 aliphatic rings. The van der Waals surface area contributed by atoms with Crippen molar-refractivity contribution in [3.05, 3.63) is 119 Å². The first-order chi connectivity index (χ1) is 17.7. The van der Waals surface area contributed by atoms with Crippen LogP contribution in [0.2, 0.25) is 0 Å². The second kappa shape index (κ2) is 11.3. The summed E-state index contributed by atoms with van der Waals surface area (Å²) < 4.78 is 39.4. The van der Waals surface area contributed by atoms with Crippen molar-refractivity contribution in [2.75, 3.05) is 0 Å². The minimum absolute atomic E-state index is 0.0120. The van der Waals surface area contributed by atoms with Crippen molar-refractivity contribution in [2.45, 2.75) is 31.4 Å². The van der Waals surface area contributed by atoms with Gasteiger partial charge in [0.05, 0.1) is 4.90 Å². The molecule has 0 saturated carbocycles. The smallest absolute Gasteiger partial charge is 0.265 e. The summed E-state index contributed by atoms with van der Waals surface area (Å²) in [5.74, 6) is 1.30. The minimum atomic E-state index is -4.02. The molecule has 4 rings (SSSR count). The third-order valence-electron chi connectivity index (χ3n) is 5.74. The molecule has 0 radical (unpaired) electrons. The number of nitrogens with one attached hydrogen (secondary N) is 1. The highest BCUT2D eigenvalue weighted by Gasteiger charge is 2.20. The molecule has 190 valence electrons. The van der Waals surface area contributed by atoms with Crippen LogP contribution in [-0.4, -0.2) is 14.3 Å². The molecule has 0 heterocycles. The highest BCUT2D eigenvalue weighted by molar-refractivity contribution is 7.90. The van der Waals surface area contributed by atoms with E-state index in [4.69, 9.17) is 15.2 Å². The van der Waals surface area contributed by atoms with Crippen molar-refractivity contribution in [1.82, 2.24) is 4.72 Å². The number of hydrogen-bond acceptors (Lipinski definition) is 6. The lowest BCUT2D eigenvalue weighted by Gasteiger charge is -2.18. The molecule has 0 aromatic heterocycles. The number of hydrogen-bond donors (Lipinski definition) is 2. The lowest BCUT2D eigenvalue weighted by atomic mass is 10.1. The minimum Gasteiger partial charge on any atom is -0.486 e. The van der Waals surface area contributed by atoms with Crippen molar-refractivity contribution in [3.63, 3.8) is 0 Å². The fraction of sp³-hybridized carbons (Fsp3) is 0.138. The number of carbonyl (C=O) groups excluding carboxylic acids is 1. The lowest BCUT2D eigenvalue weighted by Crippen LogP contribution is -2.30. The lowest BCUT2D eigenvalue weighted by molar-refractivity contribution is 0.0981. The fourth-order valence-corrected chi connectivity index (χ4v) is 4.66. The fourth-order valence-electron chi connectivity index (χ4n) is 3.68. The topological polar surface area (TPSA) is 108 Å². The van der Waals surface area contributed by atoms with Crippen molar-refractivity contribution in [1.29, 1.82) is 0 Å². The third kappa shape index (κ3) is 6.55. The van der Waals surface area contributed by atoms with Gasteiger partial charge in [-0.05, 0) is 85.1 Å². The molecule has 1 amide bonds. The van der Waals surface area contributed by atoms with E-state index in [1.807, 2.05) is 61.5 Å². The van der Waals surface area contributed by atoms with Gasteiger partial charge in [-0.3, -0.25) is 4.79 Å². The molecule has 0 saturated heterocycles. The summed E-state index contributed by atoms with van der Waals surface area (Å²) in [6, 6.07) is 28.0. The van der Waals surface area contributed by atoms with Crippen molar-refractivity contribution in [2.24, 2.45) is 5.73 Å². The Balaban J connectivity index is 1.43. The van der Waals surface area contributed by atoms with E-state index in [9.17, 15) is 13.2 Å². The van der Waals surface area contributed by atoms with Crippen LogP contribution >= 0.6 is 0 Å². The average molecular weight is 517 g/mol. The molecular weight excluding hydrogens is 488 g/mol. The Bertz CT molecular complexity index is 1490. The summed E-state index contributed by atoms with van der Waals surface area (Å²) in [5.41, 5.74) is 8.17. The second-order valence-electron chi connectivity index (χ2n) is 8.51. The SMILES string of the molecule is Cc1cc(C(=O)NS(=O)(=O)c2ccc(CN)cc2)ccc1OC(C)c1cccc(Oc2ccccc2)c1. The zero-order valence-electron chi connectivity index (χ0n) is 20.5. The molecular formula is C29H28N2O5S. The predicted octanol–water partition coefficient (Wildman–Crippen LogP) is 5.50. The number of ether oxygens (including phenoxy) is 2. The van der Waals surface area contributed by atoms with Crippen molar-refractivity contribution in [3.8, 4) is 17.2 Å². The number of aryl methyl sites for hydroxylation is 1. The van der Waals surface area contributed by atoms with Crippen molar-refractivity contribution < 1.29 is 22.7 Å². The van der Waals surface area contributed by atoms with Gasteiger partial charge in [-0.1, -0.05) is 42.5 Å². The van der Waals surface area contributed by atoms with E-state index < -0.39 is 15.9 Å². The van der Waals surface area contributed by atoms with Crippen LogP contribution in [0.3, 0.4) is 0 Å². The Morgan fingerprint density at radius 2 is 1.59 bits per heavy atom. The average Bonchev–Trinajstić information content (AvgIpc) is 2.90. The van der Waals surface area contributed by atoms with Crippen LogP contribution in [0.5, 0.6) is 17.2 Å². The number of carbonyl (C=O) groups is 1. The Morgan fingerprint density at radius 3 is 2.27 bits per heavy atom. The van der Waals surface area contributed by atoms with E-state index in [1.54, 1.807) is 31.2 Å². The molecule has 4 aromatic rings. The van der Waals surface area contributed by atoms with E-state index >= 15 is 0 Å². The molecule has 3 N–H and O–H groups in total. The normalized spacial score (nSPS) is 12.0. The van der Waals surface area contributed by atoms with Crippen LogP contribution in [0.25, 0.3) is 0 Å². The first-order valence-corrected chi connectivity index (χ1v) is 13.2. The summed E-state index contributed by atoms with van der Waals surface area (Å²) in [4.78, 5) is 12.7. The molecule has 8 heteroatoms. The monoisotopic (exact) mass is 516 g/mol. The maximum Gasteiger partial charge on any atom is 0.265 e. The van der Waals surface area contributed by atoms with Crippen LogP contribution in [0.15, 0.2) is 102 Å². The molecule has 0 bridgehead atoms. The van der Waals surface area contributed by atoms with Crippen LogP contribution in [0.4, 0.5) is 0 Å². The number of para-hydroxylation sites is 1. The largest absolute Gasteiger partial charge is 0.486 e. The molecule has 0 spiro atoms. The van der Waals surface area contributed by atoms with Gasteiger partial charge in [-0.25, -0.2) is 13.1 Å². The van der Waals surface area contributed by atoms with Crippen molar-refractivity contribution >= 4 is 15.9 Å². The van der Waals surface area contributed by atoms with E-state index in [-0.39, 0.29) is 16.6 Å². The Morgan fingerprint density at radius 1 is 0.892 bits per heavy atom. The first kappa shape index (κ1) is 25.9. The maximum absolute atomic E-state index is 12.7. The number of benzene rings is 4. The van der Waals surface area contributed by atoms with Gasteiger partial charge in [0.2, 0.25) is 0 Å². The van der Waals surface area contributed by atoms with Crippen LogP contribution < -0.4 is 19.9 Å². The van der Waals surface area contributed by atoms with Crippen LogP contribution in [-0.2, 0) is 16.6 Å². The second-order valence-corrected chi connectivity index (χ2v) is 10.2. The zero-order valence-corrected chi connectivity index (χ0v) is 21.4. The van der Waals surface area contributed by atoms with Gasteiger partial charge < -0.3 is 15.2 Å². The predicted molar refractivity (Wildman–Crippen MR) is 142 cm³/mol. The Hall–Kier alpha value is -4.14. The van der Waals surface area contributed by atoms with E-state index in [0.29, 0.717) is 23.6 Å². The summed E-state index contributed by atoms with van der Waals surface area (Å²) in [5, 5.41) is 0. The first-order valence-electron chi connectivity index (χ1n) is 11.7. The van der Waals surface area contributed by atoms with E-state index in [0.717, 1.165) is 16.9 Å². The number of nitrogens with two attached hydrogens (primary N) is 1. The third-order valence-corrected chi connectivity index (χ3v) is 7.09. The summed E-state index contributed by atoms with van der Waals surface area (Å²) in [6.07, 6.45) is -0.297.